The molecule has 0 aromatic heterocycles. The zero-order valence-corrected chi connectivity index (χ0v) is 11.4. The molecule has 1 aromatic rings. The molecule has 0 radical (unpaired) electrons. The Kier molecular flexibility index (Phi) is 3.25. The summed E-state index contributed by atoms with van der Waals surface area (Å²) in [5, 5.41) is 3.67. The van der Waals surface area contributed by atoms with Crippen molar-refractivity contribution in [2.24, 2.45) is 11.8 Å². The van der Waals surface area contributed by atoms with Gasteiger partial charge in [-0.2, -0.15) is 0 Å². The molecule has 2 aliphatic rings. The summed E-state index contributed by atoms with van der Waals surface area (Å²) in [6.45, 7) is 5.59. The van der Waals surface area contributed by atoms with Gasteiger partial charge in [-0.3, -0.25) is 0 Å². The van der Waals surface area contributed by atoms with Crippen LogP contribution in [-0.4, -0.2) is 12.6 Å². The van der Waals surface area contributed by atoms with Crippen molar-refractivity contribution >= 4 is 6.08 Å². The van der Waals surface area contributed by atoms with Gasteiger partial charge in [0.15, 0.2) is 0 Å². The summed E-state index contributed by atoms with van der Waals surface area (Å²) in [5.41, 5.74) is 4.10. The van der Waals surface area contributed by atoms with Crippen LogP contribution in [0.2, 0.25) is 0 Å². The van der Waals surface area contributed by atoms with E-state index in [1.54, 1.807) is 0 Å². The van der Waals surface area contributed by atoms with Crippen LogP contribution in [-0.2, 0) is 0 Å². The summed E-state index contributed by atoms with van der Waals surface area (Å²) in [6, 6.07) is 7.33. The highest BCUT2D eigenvalue weighted by Gasteiger charge is 2.37. The van der Waals surface area contributed by atoms with Gasteiger partial charge in [0.2, 0.25) is 0 Å². The zero-order chi connectivity index (χ0) is 12.5. The van der Waals surface area contributed by atoms with Gasteiger partial charge in [-0.25, -0.2) is 0 Å². The van der Waals surface area contributed by atoms with Crippen molar-refractivity contribution in [3.05, 3.63) is 41.0 Å². The number of rotatable bonds is 2. The summed E-state index contributed by atoms with van der Waals surface area (Å²) < 4.78 is 0. The Morgan fingerprint density at radius 1 is 1.17 bits per heavy atom. The molecule has 18 heavy (non-hydrogen) atoms. The molecule has 1 aromatic carbocycles. The Morgan fingerprint density at radius 2 is 2.06 bits per heavy atom. The van der Waals surface area contributed by atoms with Crippen molar-refractivity contribution in [1.29, 1.82) is 0 Å². The molecule has 1 saturated heterocycles. The highest BCUT2D eigenvalue weighted by atomic mass is 15.0. The molecular formula is C17H23N. The number of hydrogen-bond donors (Lipinski definition) is 1. The van der Waals surface area contributed by atoms with Crippen molar-refractivity contribution < 1.29 is 0 Å². The quantitative estimate of drug-likeness (QED) is 0.832. The van der Waals surface area contributed by atoms with Gasteiger partial charge in [0.05, 0.1) is 0 Å². The van der Waals surface area contributed by atoms with Crippen molar-refractivity contribution in [2.45, 2.75) is 39.2 Å². The summed E-state index contributed by atoms with van der Waals surface area (Å²) in [6.07, 6.45) is 8.97. The molecule has 1 nitrogen and oxygen atoms in total. The Bertz CT molecular complexity index is 461. The molecule has 1 heterocycles. The van der Waals surface area contributed by atoms with E-state index in [1.807, 2.05) is 0 Å². The van der Waals surface area contributed by atoms with E-state index in [-0.39, 0.29) is 0 Å². The summed E-state index contributed by atoms with van der Waals surface area (Å²) >= 11 is 0. The van der Waals surface area contributed by atoms with Crippen LogP contribution < -0.4 is 5.32 Å². The van der Waals surface area contributed by atoms with Gasteiger partial charge in [0.25, 0.3) is 0 Å². The predicted molar refractivity (Wildman–Crippen MR) is 77.6 cm³/mol. The second-order valence-electron chi connectivity index (χ2n) is 5.99. The van der Waals surface area contributed by atoms with E-state index in [2.05, 4.69) is 49.5 Å². The van der Waals surface area contributed by atoms with Crippen LogP contribution >= 0.6 is 0 Å². The molecule has 1 N–H and O–H groups in total. The molecule has 0 spiro atoms. The standard InChI is InChI=1S/C17H23N/c1-12-6-7-14(10-13(12)2)8-9-17-16-5-3-4-15(16)11-18-17/h6-10,15-18H,3-5,11H2,1-2H3/b9-8+. The second kappa shape index (κ2) is 4.89. The van der Waals surface area contributed by atoms with Gasteiger partial charge in [-0.05, 0) is 61.8 Å². The lowest BCUT2D eigenvalue weighted by atomic mass is 9.93. The lowest BCUT2D eigenvalue weighted by molar-refractivity contribution is 0.456. The largest absolute Gasteiger partial charge is 0.310 e. The first-order chi connectivity index (χ1) is 8.74. The molecule has 2 fully saturated rings. The molecule has 1 heteroatoms. The SMILES string of the molecule is Cc1ccc(/C=C/C2NCC3CCCC32)cc1C. The van der Waals surface area contributed by atoms with Crippen LogP contribution in [0, 0.1) is 25.7 Å². The van der Waals surface area contributed by atoms with E-state index in [9.17, 15) is 0 Å². The van der Waals surface area contributed by atoms with E-state index >= 15 is 0 Å². The number of aryl methyl sites for hydroxylation is 2. The smallest absolute Gasteiger partial charge is 0.0284 e. The maximum absolute atomic E-state index is 3.67. The van der Waals surface area contributed by atoms with E-state index in [0.717, 1.165) is 11.8 Å². The van der Waals surface area contributed by atoms with Crippen LogP contribution in [0.4, 0.5) is 0 Å². The Morgan fingerprint density at radius 3 is 2.89 bits per heavy atom. The van der Waals surface area contributed by atoms with Gasteiger partial charge in [-0.15, -0.1) is 0 Å². The van der Waals surface area contributed by atoms with E-state index in [1.165, 1.54) is 42.5 Å². The minimum absolute atomic E-state index is 0.610. The zero-order valence-electron chi connectivity index (χ0n) is 11.4. The molecule has 1 aliphatic heterocycles. The molecule has 3 atom stereocenters. The van der Waals surface area contributed by atoms with Crippen molar-refractivity contribution in [2.75, 3.05) is 6.54 Å². The first-order valence-electron chi connectivity index (χ1n) is 7.23. The maximum atomic E-state index is 3.67. The Balaban J connectivity index is 1.72. The monoisotopic (exact) mass is 241 g/mol. The van der Waals surface area contributed by atoms with Crippen LogP contribution in [0.1, 0.15) is 36.0 Å². The van der Waals surface area contributed by atoms with E-state index < -0.39 is 0 Å². The molecule has 0 amide bonds. The highest BCUT2D eigenvalue weighted by Crippen LogP contribution is 2.38. The van der Waals surface area contributed by atoms with Crippen LogP contribution in [0.3, 0.4) is 0 Å². The second-order valence-corrected chi connectivity index (χ2v) is 5.99. The third-order valence-electron chi connectivity index (χ3n) is 4.82. The molecule has 0 bridgehead atoms. The van der Waals surface area contributed by atoms with Gasteiger partial charge >= 0.3 is 0 Å². The maximum Gasteiger partial charge on any atom is 0.0284 e. The number of hydrogen-bond acceptors (Lipinski definition) is 1. The van der Waals surface area contributed by atoms with Gasteiger partial charge < -0.3 is 5.32 Å². The minimum Gasteiger partial charge on any atom is -0.310 e. The molecule has 1 aliphatic carbocycles. The Labute approximate surface area is 110 Å². The number of fused-ring (bicyclic) bond motifs is 1. The fourth-order valence-electron chi connectivity index (χ4n) is 3.52. The van der Waals surface area contributed by atoms with E-state index in [4.69, 9.17) is 0 Å². The lowest BCUT2D eigenvalue weighted by Crippen LogP contribution is -2.23. The van der Waals surface area contributed by atoms with Crippen molar-refractivity contribution in [3.8, 4) is 0 Å². The van der Waals surface area contributed by atoms with Gasteiger partial charge in [0.1, 0.15) is 0 Å². The molecule has 3 unspecified atom stereocenters. The number of benzene rings is 1. The highest BCUT2D eigenvalue weighted by molar-refractivity contribution is 5.52. The lowest BCUT2D eigenvalue weighted by Gasteiger charge is -2.13. The first kappa shape index (κ1) is 12.0. The fraction of sp³-hybridized carbons (Fsp3) is 0.529. The third-order valence-corrected chi connectivity index (χ3v) is 4.82. The minimum atomic E-state index is 0.610. The average molecular weight is 241 g/mol. The first-order valence-corrected chi connectivity index (χ1v) is 7.23. The van der Waals surface area contributed by atoms with Gasteiger partial charge in [-0.1, -0.05) is 36.8 Å². The Hall–Kier alpha value is -1.08. The average Bonchev–Trinajstić information content (AvgIpc) is 2.94. The molecule has 1 saturated carbocycles. The van der Waals surface area contributed by atoms with Crippen LogP contribution in [0.5, 0.6) is 0 Å². The van der Waals surface area contributed by atoms with Gasteiger partial charge in [0, 0.05) is 6.04 Å². The predicted octanol–water partition coefficient (Wildman–Crippen LogP) is 3.70. The number of nitrogens with one attached hydrogen (secondary N) is 1. The van der Waals surface area contributed by atoms with Crippen molar-refractivity contribution in [1.82, 2.24) is 5.32 Å². The van der Waals surface area contributed by atoms with Crippen LogP contribution in [0.15, 0.2) is 24.3 Å². The third kappa shape index (κ3) is 2.24. The fourth-order valence-corrected chi connectivity index (χ4v) is 3.52. The normalized spacial score (nSPS) is 31.1. The van der Waals surface area contributed by atoms with Crippen LogP contribution in [0.25, 0.3) is 6.08 Å². The molecule has 3 rings (SSSR count). The summed E-state index contributed by atoms with van der Waals surface area (Å²) in [4.78, 5) is 0. The summed E-state index contributed by atoms with van der Waals surface area (Å²) in [7, 11) is 0. The molecule has 96 valence electrons. The summed E-state index contributed by atoms with van der Waals surface area (Å²) in [5.74, 6) is 1.84. The van der Waals surface area contributed by atoms with Crippen molar-refractivity contribution in [3.63, 3.8) is 0 Å². The van der Waals surface area contributed by atoms with E-state index in [0.29, 0.717) is 6.04 Å². The molecular weight excluding hydrogens is 218 g/mol. The topological polar surface area (TPSA) is 12.0 Å².